The fourth-order valence-corrected chi connectivity index (χ4v) is 6.86. The molecule has 0 unspecified atom stereocenters. The van der Waals surface area contributed by atoms with E-state index in [-0.39, 0.29) is 5.91 Å². The maximum absolute atomic E-state index is 13.4. The topological polar surface area (TPSA) is 92.0 Å². The van der Waals surface area contributed by atoms with Crippen LogP contribution < -0.4 is 15.4 Å². The van der Waals surface area contributed by atoms with Crippen molar-refractivity contribution in [1.82, 2.24) is 14.8 Å². The van der Waals surface area contributed by atoms with E-state index in [1.54, 1.807) is 13.2 Å². The zero-order valence-corrected chi connectivity index (χ0v) is 26.7. The summed E-state index contributed by atoms with van der Waals surface area (Å²) in [7, 11) is 1.70. The molecule has 2 aliphatic rings. The summed E-state index contributed by atoms with van der Waals surface area (Å²) >= 11 is 0. The van der Waals surface area contributed by atoms with Crippen LogP contribution in [0.2, 0.25) is 0 Å². The van der Waals surface area contributed by atoms with Gasteiger partial charge in [0.05, 0.1) is 7.11 Å². The highest BCUT2D eigenvalue weighted by atomic mass is 16.5. The van der Waals surface area contributed by atoms with Gasteiger partial charge in [0.2, 0.25) is 5.91 Å². The molecule has 2 amide bonds. The number of benzene rings is 2. The standard InChI is InChI=1S/C36H47N5O3/c1-25-15-18-38-23-28(25)24-41(29-8-10-31(44-4)11-9-29)30-16-21-39(22-17-30)26(2)7-12-32-27(3)33(35(37)42)13-14-34(32)36(43)40-19-5-6-20-40/h8-11,13-15,18,23,26,30H,5-7,12,16-17,19-22,24H2,1-4H3,(H2,37,42)/t26-/m1/s1. The Morgan fingerprint density at radius 2 is 1.68 bits per heavy atom. The van der Waals surface area contributed by atoms with Crippen molar-refractivity contribution >= 4 is 17.5 Å². The number of hydrogen-bond donors (Lipinski definition) is 1. The third kappa shape index (κ3) is 7.07. The molecule has 44 heavy (non-hydrogen) atoms. The van der Waals surface area contributed by atoms with Gasteiger partial charge in [-0.05, 0) is 124 Å². The van der Waals surface area contributed by atoms with E-state index in [1.165, 1.54) is 16.8 Å². The van der Waals surface area contributed by atoms with Gasteiger partial charge in [-0.3, -0.25) is 14.6 Å². The Hall–Kier alpha value is -3.91. The smallest absolute Gasteiger partial charge is 0.254 e. The summed E-state index contributed by atoms with van der Waals surface area (Å²) in [5, 5.41) is 0. The number of amides is 2. The van der Waals surface area contributed by atoms with Crippen LogP contribution in [0.25, 0.3) is 0 Å². The van der Waals surface area contributed by atoms with Gasteiger partial charge in [0.15, 0.2) is 0 Å². The van der Waals surface area contributed by atoms with E-state index in [0.29, 0.717) is 17.6 Å². The molecule has 2 aliphatic heterocycles. The van der Waals surface area contributed by atoms with Gasteiger partial charge in [-0.25, -0.2) is 0 Å². The Morgan fingerprint density at radius 1 is 1.00 bits per heavy atom. The third-order valence-corrected chi connectivity index (χ3v) is 9.76. The van der Waals surface area contributed by atoms with Crippen LogP contribution in [0.1, 0.15) is 82.0 Å². The van der Waals surface area contributed by atoms with Gasteiger partial charge in [-0.2, -0.15) is 0 Å². The molecule has 8 nitrogen and oxygen atoms in total. The van der Waals surface area contributed by atoms with Crippen LogP contribution in [0.4, 0.5) is 5.69 Å². The van der Waals surface area contributed by atoms with E-state index in [2.05, 4.69) is 46.8 Å². The molecule has 0 bridgehead atoms. The Kier molecular flexibility index (Phi) is 10.2. The number of carbonyl (C=O) groups excluding carboxylic acids is 2. The average molecular weight is 598 g/mol. The van der Waals surface area contributed by atoms with Crippen molar-refractivity contribution in [3.05, 3.63) is 88.2 Å². The first-order valence-electron chi connectivity index (χ1n) is 16.0. The van der Waals surface area contributed by atoms with Crippen molar-refractivity contribution in [2.45, 2.75) is 77.9 Å². The molecule has 2 aromatic carbocycles. The minimum Gasteiger partial charge on any atom is -0.497 e. The number of pyridine rings is 1. The number of nitrogens with zero attached hydrogens (tertiary/aromatic N) is 4. The lowest BCUT2D eigenvalue weighted by atomic mass is 9.91. The van der Waals surface area contributed by atoms with Crippen LogP contribution in [0, 0.1) is 13.8 Å². The molecule has 0 saturated carbocycles. The van der Waals surface area contributed by atoms with Gasteiger partial charge in [-0.15, -0.1) is 0 Å². The van der Waals surface area contributed by atoms with Crippen molar-refractivity contribution in [3.8, 4) is 5.75 Å². The number of likely N-dealkylation sites (tertiary alicyclic amines) is 2. The molecule has 2 N–H and O–H groups in total. The zero-order valence-electron chi connectivity index (χ0n) is 26.7. The van der Waals surface area contributed by atoms with Crippen molar-refractivity contribution in [2.24, 2.45) is 5.73 Å². The van der Waals surface area contributed by atoms with Crippen molar-refractivity contribution < 1.29 is 14.3 Å². The minimum absolute atomic E-state index is 0.0764. The summed E-state index contributed by atoms with van der Waals surface area (Å²) in [4.78, 5) is 37.0. The Balaban J connectivity index is 1.27. The molecule has 3 heterocycles. The minimum atomic E-state index is -0.443. The monoisotopic (exact) mass is 597 g/mol. The highest BCUT2D eigenvalue weighted by Gasteiger charge is 2.29. The molecule has 0 radical (unpaired) electrons. The number of rotatable bonds is 11. The Labute approximate surface area is 262 Å². The quantitative estimate of drug-likeness (QED) is 0.312. The number of methoxy groups -OCH3 is 1. The summed E-state index contributed by atoms with van der Waals surface area (Å²) in [6, 6.07) is 14.8. The highest BCUT2D eigenvalue weighted by molar-refractivity contribution is 6.00. The fourth-order valence-electron chi connectivity index (χ4n) is 6.86. The van der Waals surface area contributed by atoms with Crippen LogP contribution >= 0.6 is 0 Å². The largest absolute Gasteiger partial charge is 0.497 e. The number of carbonyl (C=O) groups is 2. The SMILES string of the molecule is COc1ccc(N(Cc2cnccc2C)C2CCN([C@H](C)CCc3c(C(=O)N4CCCC4)ccc(C(N)=O)c3C)CC2)cc1. The van der Waals surface area contributed by atoms with Gasteiger partial charge in [-0.1, -0.05) is 0 Å². The maximum atomic E-state index is 13.4. The first kappa shape index (κ1) is 31.5. The molecule has 1 aromatic heterocycles. The van der Waals surface area contributed by atoms with E-state index < -0.39 is 5.91 Å². The van der Waals surface area contributed by atoms with Gasteiger partial charge in [0.25, 0.3) is 5.91 Å². The Bertz CT molecular complexity index is 1440. The molecule has 2 saturated heterocycles. The van der Waals surface area contributed by atoms with Gasteiger partial charge < -0.3 is 25.2 Å². The molecule has 2 fully saturated rings. The maximum Gasteiger partial charge on any atom is 0.254 e. The molecule has 3 aromatic rings. The van der Waals surface area contributed by atoms with E-state index in [0.717, 1.165) is 93.7 Å². The van der Waals surface area contributed by atoms with Crippen LogP contribution in [-0.2, 0) is 13.0 Å². The molecular weight excluding hydrogens is 550 g/mol. The van der Waals surface area contributed by atoms with E-state index in [1.807, 2.05) is 42.4 Å². The lowest BCUT2D eigenvalue weighted by molar-refractivity contribution is 0.0790. The molecular formula is C36H47N5O3. The summed E-state index contributed by atoms with van der Waals surface area (Å²) in [5.41, 5.74) is 12.4. The van der Waals surface area contributed by atoms with Crippen molar-refractivity contribution in [3.63, 3.8) is 0 Å². The number of ether oxygens (including phenoxy) is 1. The van der Waals surface area contributed by atoms with E-state index in [4.69, 9.17) is 10.5 Å². The zero-order chi connectivity index (χ0) is 31.2. The lowest BCUT2D eigenvalue weighted by Crippen LogP contribution is -2.47. The van der Waals surface area contributed by atoms with Crippen molar-refractivity contribution in [1.29, 1.82) is 0 Å². The van der Waals surface area contributed by atoms with Gasteiger partial charge in [0, 0.05) is 74.0 Å². The van der Waals surface area contributed by atoms with Crippen LogP contribution in [-0.4, -0.2) is 72.0 Å². The third-order valence-electron chi connectivity index (χ3n) is 9.76. The van der Waals surface area contributed by atoms with E-state index in [9.17, 15) is 9.59 Å². The number of hydrogen-bond acceptors (Lipinski definition) is 6. The number of piperidine rings is 1. The average Bonchev–Trinajstić information content (AvgIpc) is 3.59. The number of primary amides is 1. The van der Waals surface area contributed by atoms with Crippen LogP contribution in [0.3, 0.4) is 0 Å². The predicted octanol–water partition coefficient (Wildman–Crippen LogP) is 5.53. The summed E-state index contributed by atoms with van der Waals surface area (Å²) in [6.45, 7) is 10.8. The summed E-state index contributed by atoms with van der Waals surface area (Å²) in [6.07, 6.45) is 9.70. The number of anilines is 1. The first-order valence-corrected chi connectivity index (χ1v) is 16.0. The molecule has 5 rings (SSSR count). The van der Waals surface area contributed by atoms with Gasteiger partial charge in [0.1, 0.15) is 5.75 Å². The summed E-state index contributed by atoms with van der Waals surface area (Å²) < 4.78 is 5.42. The second-order valence-electron chi connectivity index (χ2n) is 12.4. The lowest BCUT2D eigenvalue weighted by Gasteiger charge is -2.42. The van der Waals surface area contributed by atoms with Crippen LogP contribution in [0.15, 0.2) is 54.9 Å². The molecule has 0 spiro atoms. The van der Waals surface area contributed by atoms with Crippen LogP contribution in [0.5, 0.6) is 5.75 Å². The first-order chi connectivity index (χ1) is 21.3. The van der Waals surface area contributed by atoms with Gasteiger partial charge >= 0.3 is 0 Å². The Morgan fingerprint density at radius 3 is 2.32 bits per heavy atom. The number of aromatic nitrogens is 1. The second kappa shape index (κ2) is 14.2. The fraction of sp³-hybridized carbons (Fsp3) is 0.472. The number of aryl methyl sites for hydroxylation is 1. The van der Waals surface area contributed by atoms with Crippen molar-refractivity contribution in [2.75, 3.05) is 38.2 Å². The molecule has 8 heteroatoms. The molecule has 0 aliphatic carbocycles. The summed E-state index contributed by atoms with van der Waals surface area (Å²) in [5.74, 6) is 0.492. The van der Waals surface area contributed by atoms with E-state index >= 15 is 0 Å². The highest BCUT2D eigenvalue weighted by Crippen LogP contribution is 2.30. The molecule has 1 atom stereocenters. The normalized spacial score (nSPS) is 16.6. The molecule has 234 valence electrons. The second-order valence-corrected chi connectivity index (χ2v) is 12.4. The number of nitrogens with two attached hydrogens (primary N) is 1. The predicted molar refractivity (Wildman–Crippen MR) is 175 cm³/mol.